The SMILES string of the molecule is CNSc1ccc(N(C)C)c(Nc2ncnc3ccc(OC)cc23)c1. The molecule has 0 aliphatic heterocycles. The van der Waals surface area contributed by atoms with Crippen LogP contribution in [0.25, 0.3) is 10.9 Å². The Morgan fingerprint density at radius 3 is 2.64 bits per heavy atom. The van der Waals surface area contributed by atoms with Gasteiger partial charge >= 0.3 is 0 Å². The Morgan fingerprint density at radius 1 is 1.08 bits per heavy atom. The Balaban J connectivity index is 2.07. The van der Waals surface area contributed by atoms with Crippen LogP contribution in [0.3, 0.4) is 0 Å². The second-order valence-electron chi connectivity index (χ2n) is 5.61. The normalized spacial score (nSPS) is 10.7. The summed E-state index contributed by atoms with van der Waals surface area (Å²) in [5, 5.41) is 4.37. The van der Waals surface area contributed by atoms with E-state index in [0.717, 1.165) is 38.7 Å². The molecule has 0 spiro atoms. The Labute approximate surface area is 151 Å². The van der Waals surface area contributed by atoms with E-state index in [2.05, 4.69) is 43.1 Å². The molecule has 0 aliphatic carbocycles. The number of nitrogens with zero attached hydrogens (tertiary/aromatic N) is 3. The van der Waals surface area contributed by atoms with E-state index in [1.165, 1.54) is 0 Å². The van der Waals surface area contributed by atoms with Gasteiger partial charge in [0.2, 0.25) is 0 Å². The van der Waals surface area contributed by atoms with Crippen LogP contribution < -0.4 is 19.7 Å². The predicted molar refractivity (Wildman–Crippen MR) is 105 cm³/mol. The lowest BCUT2D eigenvalue weighted by molar-refractivity contribution is 0.415. The molecule has 2 N–H and O–H groups in total. The molecule has 3 aromatic rings. The van der Waals surface area contributed by atoms with Crippen molar-refractivity contribution in [3.05, 3.63) is 42.7 Å². The van der Waals surface area contributed by atoms with Crippen molar-refractivity contribution in [1.82, 2.24) is 14.7 Å². The molecular weight excluding hydrogens is 334 g/mol. The zero-order chi connectivity index (χ0) is 17.8. The van der Waals surface area contributed by atoms with Crippen LogP contribution in [0.15, 0.2) is 47.6 Å². The van der Waals surface area contributed by atoms with E-state index in [9.17, 15) is 0 Å². The Hall–Kier alpha value is -2.51. The van der Waals surface area contributed by atoms with Crippen LogP contribution in [-0.2, 0) is 0 Å². The number of ether oxygens (including phenoxy) is 1. The first-order valence-corrected chi connectivity index (χ1v) is 8.64. The standard InChI is InChI=1S/C18H21N5OS/c1-19-25-13-6-8-17(23(2)3)16(10-13)22-18-14-9-12(24-4)5-7-15(14)20-11-21-18/h5-11,19H,1-4H3,(H,20,21,22). The van der Waals surface area contributed by atoms with Crippen molar-refractivity contribution in [2.45, 2.75) is 4.90 Å². The van der Waals surface area contributed by atoms with Crippen molar-refractivity contribution in [3.63, 3.8) is 0 Å². The van der Waals surface area contributed by atoms with Gasteiger partial charge in [0.15, 0.2) is 0 Å². The molecule has 130 valence electrons. The summed E-state index contributed by atoms with van der Waals surface area (Å²) in [5.74, 6) is 1.52. The zero-order valence-corrected chi connectivity index (χ0v) is 15.5. The maximum atomic E-state index is 5.34. The number of rotatable bonds is 6. The number of benzene rings is 2. The van der Waals surface area contributed by atoms with Gasteiger partial charge < -0.3 is 15.0 Å². The number of methoxy groups -OCH3 is 1. The molecule has 0 aliphatic rings. The molecule has 1 heterocycles. The Kier molecular flexibility index (Phi) is 5.25. The van der Waals surface area contributed by atoms with Crippen LogP contribution in [-0.4, -0.2) is 38.2 Å². The summed E-state index contributed by atoms with van der Waals surface area (Å²) in [4.78, 5) is 12.0. The van der Waals surface area contributed by atoms with Crippen LogP contribution in [0.2, 0.25) is 0 Å². The molecule has 0 saturated carbocycles. The van der Waals surface area contributed by atoms with Gasteiger partial charge in [0.1, 0.15) is 17.9 Å². The van der Waals surface area contributed by atoms with Crippen LogP contribution in [0.4, 0.5) is 17.2 Å². The number of hydrogen-bond acceptors (Lipinski definition) is 7. The van der Waals surface area contributed by atoms with Crippen molar-refractivity contribution >= 4 is 40.0 Å². The minimum Gasteiger partial charge on any atom is -0.497 e. The summed E-state index contributed by atoms with van der Waals surface area (Å²) in [6.07, 6.45) is 1.57. The average Bonchev–Trinajstić information content (AvgIpc) is 2.62. The fourth-order valence-corrected chi connectivity index (χ4v) is 3.13. The van der Waals surface area contributed by atoms with E-state index < -0.39 is 0 Å². The average molecular weight is 355 g/mol. The first-order valence-electron chi connectivity index (χ1n) is 7.83. The lowest BCUT2D eigenvalue weighted by Crippen LogP contribution is -2.11. The summed E-state index contributed by atoms with van der Waals surface area (Å²) < 4.78 is 8.44. The van der Waals surface area contributed by atoms with E-state index in [4.69, 9.17) is 4.74 Å². The third-order valence-corrected chi connectivity index (χ3v) is 4.46. The highest BCUT2D eigenvalue weighted by molar-refractivity contribution is 7.97. The van der Waals surface area contributed by atoms with Gasteiger partial charge in [-0.2, -0.15) is 0 Å². The third-order valence-electron chi connectivity index (χ3n) is 3.77. The second kappa shape index (κ2) is 7.58. The van der Waals surface area contributed by atoms with Gasteiger partial charge in [0.05, 0.1) is 24.0 Å². The number of anilines is 3. The van der Waals surface area contributed by atoms with Crippen LogP contribution in [0.5, 0.6) is 5.75 Å². The number of fused-ring (bicyclic) bond motifs is 1. The molecule has 0 radical (unpaired) electrons. The van der Waals surface area contributed by atoms with Crippen LogP contribution in [0, 0.1) is 0 Å². The van der Waals surface area contributed by atoms with Gasteiger partial charge in [-0.25, -0.2) is 9.97 Å². The lowest BCUT2D eigenvalue weighted by Gasteiger charge is -2.19. The highest BCUT2D eigenvalue weighted by Crippen LogP contribution is 2.33. The van der Waals surface area contributed by atoms with Crippen molar-refractivity contribution < 1.29 is 4.74 Å². The third kappa shape index (κ3) is 3.78. The lowest BCUT2D eigenvalue weighted by atomic mass is 10.2. The topological polar surface area (TPSA) is 62.3 Å². The quantitative estimate of drug-likeness (QED) is 0.654. The van der Waals surface area contributed by atoms with Gasteiger partial charge in [0, 0.05) is 24.4 Å². The van der Waals surface area contributed by atoms with E-state index in [0.29, 0.717) is 0 Å². The summed E-state index contributed by atoms with van der Waals surface area (Å²) in [7, 11) is 7.60. The van der Waals surface area contributed by atoms with Gasteiger partial charge in [-0.05, 0) is 55.4 Å². The molecule has 0 fully saturated rings. The molecule has 0 bridgehead atoms. The van der Waals surface area contributed by atoms with E-state index >= 15 is 0 Å². The largest absolute Gasteiger partial charge is 0.497 e. The number of hydrogen-bond donors (Lipinski definition) is 2. The predicted octanol–water partition coefficient (Wildman–Crippen LogP) is 3.67. The smallest absolute Gasteiger partial charge is 0.141 e. The highest BCUT2D eigenvalue weighted by Gasteiger charge is 2.11. The molecule has 2 aromatic carbocycles. The van der Waals surface area contributed by atoms with Crippen molar-refractivity contribution in [2.75, 3.05) is 38.5 Å². The maximum absolute atomic E-state index is 5.34. The zero-order valence-electron chi connectivity index (χ0n) is 14.7. The van der Waals surface area contributed by atoms with Crippen molar-refractivity contribution in [1.29, 1.82) is 0 Å². The second-order valence-corrected chi connectivity index (χ2v) is 6.69. The molecule has 7 heteroatoms. The summed E-state index contributed by atoms with van der Waals surface area (Å²) >= 11 is 1.57. The van der Waals surface area contributed by atoms with Gasteiger partial charge in [-0.3, -0.25) is 4.72 Å². The number of nitrogens with one attached hydrogen (secondary N) is 2. The molecule has 0 unspecified atom stereocenters. The fourth-order valence-electron chi connectivity index (χ4n) is 2.58. The summed E-state index contributed by atoms with van der Waals surface area (Å²) in [6, 6.07) is 12.0. The molecule has 0 atom stereocenters. The van der Waals surface area contributed by atoms with Crippen molar-refractivity contribution in [2.24, 2.45) is 0 Å². The van der Waals surface area contributed by atoms with E-state index in [1.807, 2.05) is 39.3 Å². The fraction of sp³-hybridized carbons (Fsp3) is 0.222. The molecule has 1 aromatic heterocycles. The Bertz CT molecular complexity index is 884. The number of aromatic nitrogens is 2. The van der Waals surface area contributed by atoms with Gasteiger partial charge in [0.25, 0.3) is 0 Å². The monoisotopic (exact) mass is 355 g/mol. The van der Waals surface area contributed by atoms with E-state index in [1.54, 1.807) is 25.4 Å². The molecular formula is C18H21N5OS. The molecule has 6 nitrogen and oxygen atoms in total. The summed E-state index contributed by atoms with van der Waals surface area (Å²) in [5.41, 5.74) is 2.92. The van der Waals surface area contributed by atoms with Crippen LogP contribution in [0.1, 0.15) is 0 Å². The Morgan fingerprint density at radius 2 is 1.92 bits per heavy atom. The van der Waals surface area contributed by atoms with Crippen LogP contribution >= 0.6 is 11.9 Å². The molecule has 25 heavy (non-hydrogen) atoms. The minimum absolute atomic E-state index is 0.749. The van der Waals surface area contributed by atoms with Crippen molar-refractivity contribution in [3.8, 4) is 5.75 Å². The molecule has 0 saturated heterocycles. The highest BCUT2D eigenvalue weighted by atomic mass is 32.2. The molecule has 3 rings (SSSR count). The van der Waals surface area contributed by atoms with Gasteiger partial charge in [-0.1, -0.05) is 0 Å². The molecule has 0 amide bonds. The maximum Gasteiger partial charge on any atom is 0.141 e. The minimum atomic E-state index is 0.749. The first-order chi connectivity index (χ1) is 12.1. The van der Waals surface area contributed by atoms with E-state index in [-0.39, 0.29) is 0 Å². The first kappa shape index (κ1) is 17.3. The summed E-state index contributed by atoms with van der Waals surface area (Å²) in [6.45, 7) is 0. The van der Waals surface area contributed by atoms with Gasteiger partial charge in [-0.15, -0.1) is 0 Å².